The molecule has 1 aromatic carbocycles. The zero-order chi connectivity index (χ0) is 31.4. The molecule has 3 aromatic rings. The van der Waals surface area contributed by atoms with E-state index < -0.39 is 23.7 Å². The van der Waals surface area contributed by atoms with Crippen molar-refractivity contribution in [2.75, 3.05) is 59.9 Å². The Kier molecular flexibility index (Phi) is 12.5. The zero-order valence-electron chi connectivity index (χ0n) is 24.8. The van der Waals surface area contributed by atoms with Gasteiger partial charge in [0, 0.05) is 64.2 Å². The van der Waals surface area contributed by atoms with E-state index in [4.69, 9.17) is 14.2 Å². The molecule has 2 aromatic heterocycles. The fourth-order valence-electron chi connectivity index (χ4n) is 4.12. The van der Waals surface area contributed by atoms with Gasteiger partial charge in [0.2, 0.25) is 5.91 Å². The summed E-state index contributed by atoms with van der Waals surface area (Å²) in [6.45, 7) is 1.08. The highest BCUT2D eigenvalue weighted by atomic mass is 19.1. The first-order chi connectivity index (χ1) is 20.6. The topological polar surface area (TPSA) is 135 Å². The summed E-state index contributed by atoms with van der Waals surface area (Å²) in [5.74, 6) is -1.29. The minimum atomic E-state index is -1.27. The maximum absolute atomic E-state index is 13.6. The van der Waals surface area contributed by atoms with E-state index in [1.807, 2.05) is 0 Å². The van der Waals surface area contributed by atoms with Crippen molar-refractivity contribution in [2.45, 2.75) is 25.5 Å². The molecule has 12 nitrogen and oxygen atoms in total. The number of hydrogen-bond acceptors (Lipinski definition) is 7. The van der Waals surface area contributed by atoms with Gasteiger partial charge in [-0.15, -0.1) is 0 Å². The van der Waals surface area contributed by atoms with E-state index in [1.54, 1.807) is 44.6 Å². The van der Waals surface area contributed by atoms with Crippen molar-refractivity contribution in [3.63, 3.8) is 0 Å². The van der Waals surface area contributed by atoms with Crippen LogP contribution in [0.25, 0.3) is 10.9 Å². The lowest BCUT2D eigenvalue weighted by molar-refractivity contribution is -0.125. The van der Waals surface area contributed by atoms with Crippen LogP contribution < -0.4 is 10.9 Å². The van der Waals surface area contributed by atoms with Crippen molar-refractivity contribution in [1.82, 2.24) is 19.4 Å². The number of aromatic amines is 1. The average molecular weight is 600 g/mol. The smallest absolute Gasteiger partial charge is 0.410 e. The summed E-state index contributed by atoms with van der Waals surface area (Å²) in [5, 5.41) is 3.26. The number of ether oxygens (including phenoxy) is 3. The molecule has 43 heavy (non-hydrogen) atoms. The molecule has 0 aliphatic heterocycles. The molecule has 1 unspecified atom stereocenters. The van der Waals surface area contributed by atoms with Crippen molar-refractivity contribution in [2.24, 2.45) is 0 Å². The predicted molar refractivity (Wildman–Crippen MR) is 159 cm³/mol. The number of aromatic nitrogens is 2. The first kappa shape index (κ1) is 33.0. The summed E-state index contributed by atoms with van der Waals surface area (Å²) in [6.07, 6.45) is 2.82. The number of anilines is 1. The minimum Gasteiger partial charge on any atom is -0.436 e. The first-order valence-electron chi connectivity index (χ1n) is 13.7. The Morgan fingerprint density at radius 2 is 1.81 bits per heavy atom. The Hall–Kier alpha value is -4.49. The van der Waals surface area contributed by atoms with Crippen LogP contribution in [-0.2, 0) is 30.3 Å². The monoisotopic (exact) mass is 599 g/mol. The van der Waals surface area contributed by atoms with Gasteiger partial charge in [-0.2, -0.15) is 0 Å². The number of H-pyrrole nitrogens is 1. The maximum atomic E-state index is 13.6. The lowest BCUT2D eigenvalue weighted by Gasteiger charge is -2.25. The third-order valence-corrected chi connectivity index (χ3v) is 6.48. The number of methoxy groups -OCH3 is 2. The van der Waals surface area contributed by atoms with E-state index in [0.29, 0.717) is 11.1 Å². The minimum absolute atomic E-state index is 0.00958. The number of pyridine rings is 1. The molecule has 0 aliphatic carbocycles. The summed E-state index contributed by atoms with van der Waals surface area (Å²) in [6, 6.07) is 9.17. The number of amides is 3. The van der Waals surface area contributed by atoms with Gasteiger partial charge in [-0.1, -0.05) is 6.08 Å². The quantitative estimate of drug-likeness (QED) is 0.257. The summed E-state index contributed by atoms with van der Waals surface area (Å²) in [5.41, 5.74) is 0.905. The second-order valence-electron chi connectivity index (χ2n) is 9.93. The normalized spacial score (nSPS) is 11.9. The number of fused-ring (bicyclic) bond motifs is 1. The van der Waals surface area contributed by atoms with Gasteiger partial charge in [0.15, 0.2) is 6.10 Å². The molecule has 0 radical (unpaired) electrons. The lowest BCUT2D eigenvalue weighted by Crippen LogP contribution is -2.42. The molecule has 0 saturated heterocycles. The number of benzene rings is 1. The summed E-state index contributed by atoms with van der Waals surface area (Å²) >= 11 is 0. The van der Waals surface area contributed by atoms with Crippen LogP contribution in [0.15, 0.2) is 59.5 Å². The van der Waals surface area contributed by atoms with E-state index in [-0.39, 0.29) is 63.1 Å². The third kappa shape index (κ3) is 9.79. The summed E-state index contributed by atoms with van der Waals surface area (Å²) in [7, 11) is 6.23. The maximum Gasteiger partial charge on any atom is 0.410 e. The summed E-state index contributed by atoms with van der Waals surface area (Å²) in [4.78, 5) is 57.4. The molecule has 2 heterocycles. The van der Waals surface area contributed by atoms with E-state index in [9.17, 15) is 23.6 Å². The van der Waals surface area contributed by atoms with Crippen LogP contribution in [0.5, 0.6) is 0 Å². The van der Waals surface area contributed by atoms with Crippen molar-refractivity contribution in [3.8, 4) is 0 Å². The van der Waals surface area contributed by atoms with E-state index in [1.165, 1.54) is 52.9 Å². The van der Waals surface area contributed by atoms with Gasteiger partial charge >= 0.3 is 6.09 Å². The van der Waals surface area contributed by atoms with Crippen LogP contribution in [0, 0.1) is 5.82 Å². The number of carbonyl (C=O) groups excluding carboxylic acids is 3. The molecule has 3 amide bonds. The third-order valence-electron chi connectivity index (χ3n) is 6.48. The summed E-state index contributed by atoms with van der Waals surface area (Å²) < 4.78 is 30.7. The van der Waals surface area contributed by atoms with E-state index in [2.05, 4.69) is 10.3 Å². The van der Waals surface area contributed by atoms with Gasteiger partial charge in [-0.05, 0) is 55.3 Å². The number of carbonyl (C=O) groups is 3. The fraction of sp³-hybridized carbons (Fsp3) is 0.400. The van der Waals surface area contributed by atoms with Crippen molar-refractivity contribution >= 4 is 34.5 Å². The Morgan fingerprint density at radius 3 is 2.49 bits per heavy atom. The SMILES string of the molecule is COCCN(CCOC)C(=O)OC(CC/C=C/C(=O)N(C)C)C(=O)Nc1cccn(Cc2cc3cc(F)ccc3[nH]2)c1=O. The fourth-order valence-corrected chi connectivity index (χ4v) is 4.12. The van der Waals surface area contributed by atoms with Crippen LogP contribution in [-0.4, -0.2) is 98.0 Å². The van der Waals surface area contributed by atoms with Crippen LogP contribution >= 0.6 is 0 Å². The molecule has 0 fully saturated rings. The molecule has 0 bridgehead atoms. The number of nitrogens with zero attached hydrogens (tertiary/aromatic N) is 3. The van der Waals surface area contributed by atoms with Gasteiger partial charge in [0.25, 0.3) is 11.5 Å². The number of likely N-dealkylation sites (N-methyl/N-ethyl adjacent to an activating group) is 1. The van der Waals surface area contributed by atoms with Gasteiger partial charge in [0.05, 0.1) is 19.8 Å². The van der Waals surface area contributed by atoms with Crippen molar-refractivity contribution in [1.29, 1.82) is 0 Å². The van der Waals surface area contributed by atoms with Crippen LogP contribution in [0.1, 0.15) is 18.5 Å². The average Bonchev–Trinajstić information content (AvgIpc) is 3.37. The zero-order valence-corrected chi connectivity index (χ0v) is 24.8. The Labute approximate surface area is 249 Å². The predicted octanol–water partition coefficient (Wildman–Crippen LogP) is 2.98. The van der Waals surface area contributed by atoms with Gasteiger partial charge < -0.3 is 38.9 Å². The Morgan fingerprint density at radius 1 is 1.09 bits per heavy atom. The number of allylic oxidation sites excluding steroid dienone is 1. The highest BCUT2D eigenvalue weighted by Crippen LogP contribution is 2.17. The number of rotatable bonds is 15. The highest BCUT2D eigenvalue weighted by molar-refractivity contribution is 5.95. The van der Waals surface area contributed by atoms with Crippen LogP contribution in [0.4, 0.5) is 14.9 Å². The molecule has 0 spiro atoms. The molecule has 0 aliphatic rings. The molecule has 13 heteroatoms. The van der Waals surface area contributed by atoms with E-state index in [0.717, 1.165) is 5.52 Å². The molecular weight excluding hydrogens is 561 g/mol. The molecular formula is C30H38FN5O7. The number of halogens is 1. The van der Waals surface area contributed by atoms with Gasteiger partial charge in [0.1, 0.15) is 11.5 Å². The van der Waals surface area contributed by atoms with Crippen LogP contribution in [0.2, 0.25) is 0 Å². The molecule has 2 N–H and O–H groups in total. The van der Waals surface area contributed by atoms with Crippen molar-refractivity contribution < 1.29 is 33.0 Å². The lowest BCUT2D eigenvalue weighted by atomic mass is 10.1. The molecule has 232 valence electrons. The second-order valence-corrected chi connectivity index (χ2v) is 9.93. The molecule has 1 atom stereocenters. The van der Waals surface area contributed by atoms with Crippen LogP contribution in [0.3, 0.4) is 0 Å². The number of nitrogens with one attached hydrogen (secondary N) is 2. The standard InChI is InChI=1S/C30H38FN5O7/c1-34(2)27(37)10-6-5-9-26(43-30(40)35(14-16-41-3)15-17-42-4)28(38)33-25-8-7-13-36(29(25)39)20-23-19-21-18-22(31)11-12-24(21)32-23/h6-8,10-13,18-19,26,32H,5,9,14-17,20H2,1-4H3,(H,33,38)/b10-6+. The molecule has 3 rings (SSSR count). The van der Waals surface area contributed by atoms with Gasteiger partial charge in [-0.3, -0.25) is 14.4 Å². The number of hydrogen-bond donors (Lipinski definition) is 2. The molecule has 0 saturated carbocycles. The highest BCUT2D eigenvalue weighted by Gasteiger charge is 2.26. The van der Waals surface area contributed by atoms with E-state index >= 15 is 0 Å². The second kappa shape index (κ2) is 16.2. The Balaban J connectivity index is 1.78. The largest absolute Gasteiger partial charge is 0.436 e. The Bertz CT molecular complexity index is 1480. The van der Waals surface area contributed by atoms with Gasteiger partial charge in [-0.25, -0.2) is 9.18 Å². The first-order valence-corrected chi connectivity index (χ1v) is 13.7. The van der Waals surface area contributed by atoms with Crippen molar-refractivity contribution in [3.05, 3.63) is 76.6 Å².